The monoisotopic (exact) mass is 233 g/mol. The predicted octanol–water partition coefficient (Wildman–Crippen LogP) is 1.99. The van der Waals surface area contributed by atoms with Crippen LogP contribution in [0.15, 0.2) is 30.6 Å². The number of fused-ring (bicyclic) bond motifs is 1. The summed E-state index contributed by atoms with van der Waals surface area (Å²) in [6.07, 6.45) is 3.33. The van der Waals surface area contributed by atoms with E-state index in [-0.39, 0.29) is 5.56 Å². The molecule has 0 fully saturated rings. The second kappa shape index (κ2) is 3.93. The van der Waals surface area contributed by atoms with Crippen LogP contribution in [-0.2, 0) is 4.79 Å². The number of carboxylic acid groups (broad SMARTS) is 2. The van der Waals surface area contributed by atoms with E-state index in [4.69, 9.17) is 10.2 Å². The van der Waals surface area contributed by atoms with Gasteiger partial charge in [0.1, 0.15) is 6.04 Å². The highest BCUT2D eigenvalue weighted by molar-refractivity contribution is 5.94. The van der Waals surface area contributed by atoms with Crippen molar-refractivity contribution in [3.63, 3.8) is 0 Å². The molecule has 0 amide bonds. The molecule has 5 nitrogen and oxygen atoms in total. The lowest BCUT2D eigenvalue weighted by molar-refractivity contribution is -0.140. The number of carboxylic acids is 2. The van der Waals surface area contributed by atoms with Gasteiger partial charge in [0, 0.05) is 17.8 Å². The maximum atomic E-state index is 10.8. The maximum absolute atomic E-state index is 10.8. The average molecular weight is 233 g/mol. The molecule has 17 heavy (non-hydrogen) atoms. The molecule has 1 atom stereocenters. The molecule has 1 aromatic carbocycles. The highest BCUT2D eigenvalue weighted by Gasteiger charge is 2.13. The van der Waals surface area contributed by atoms with E-state index in [0.717, 1.165) is 10.8 Å². The molecule has 1 unspecified atom stereocenters. The van der Waals surface area contributed by atoms with Gasteiger partial charge in [0.15, 0.2) is 0 Å². The van der Waals surface area contributed by atoms with Crippen molar-refractivity contribution in [3.8, 4) is 0 Å². The Bertz CT molecular complexity index is 600. The summed E-state index contributed by atoms with van der Waals surface area (Å²) in [6, 6.07) is 4.03. The zero-order valence-corrected chi connectivity index (χ0v) is 9.12. The number of benzene rings is 1. The van der Waals surface area contributed by atoms with Crippen LogP contribution in [0.2, 0.25) is 0 Å². The van der Waals surface area contributed by atoms with E-state index in [2.05, 4.69) is 0 Å². The minimum absolute atomic E-state index is 0.193. The molecule has 0 saturated heterocycles. The highest BCUT2D eigenvalue weighted by Crippen LogP contribution is 2.20. The number of aromatic nitrogens is 1. The lowest BCUT2D eigenvalue weighted by atomic mass is 10.1. The molecule has 1 aromatic heterocycles. The predicted molar refractivity (Wildman–Crippen MR) is 61.2 cm³/mol. The third-order valence-corrected chi connectivity index (χ3v) is 2.71. The number of rotatable bonds is 3. The Morgan fingerprint density at radius 3 is 2.41 bits per heavy atom. The van der Waals surface area contributed by atoms with Crippen LogP contribution in [0.3, 0.4) is 0 Å². The van der Waals surface area contributed by atoms with Crippen LogP contribution >= 0.6 is 0 Å². The summed E-state index contributed by atoms with van der Waals surface area (Å²) in [5.74, 6) is -1.92. The van der Waals surface area contributed by atoms with Crippen molar-refractivity contribution >= 4 is 22.7 Å². The third-order valence-electron chi connectivity index (χ3n) is 2.71. The molecular weight excluding hydrogens is 222 g/mol. The fraction of sp³-hybridized carbons (Fsp3) is 0.167. The van der Waals surface area contributed by atoms with Crippen LogP contribution in [0.25, 0.3) is 10.8 Å². The van der Waals surface area contributed by atoms with Gasteiger partial charge in [-0.15, -0.1) is 0 Å². The summed E-state index contributed by atoms with van der Waals surface area (Å²) in [5.41, 5.74) is 0.193. The molecule has 0 aliphatic heterocycles. The number of hydrogen-bond acceptors (Lipinski definition) is 2. The summed E-state index contributed by atoms with van der Waals surface area (Å²) in [5, 5.41) is 19.3. The summed E-state index contributed by atoms with van der Waals surface area (Å²) in [6.45, 7) is 1.57. The second-order valence-corrected chi connectivity index (χ2v) is 3.87. The third kappa shape index (κ3) is 1.99. The molecule has 0 radical (unpaired) electrons. The van der Waals surface area contributed by atoms with Gasteiger partial charge >= 0.3 is 11.9 Å². The fourth-order valence-corrected chi connectivity index (χ4v) is 1.65. The SMILES string of the molecule is CC(C(=O)O)n1cc2ccc(C(=O)O)cc2c1. The fourth-order valence-electron chi connectivity index (χ4n) is 1.65. The van der Waals surface area contributed by atoms with Crippen LogP contribution in [0, 0.1) is 0 Å². The minimum atomic E-state index is -0.995. The van der Waals surface area contributed by atoms with Crippen LogP contribution in [0.1, 0.15) is 23.3 Å². The summed E-state index contributed by atoms with van der Waals surface area (Å²) in [7, 11) is 0. The van der Waals surface area contributed by atoms with Crippen LogP contribution in [0.5, 0.6) is 0 Å². The zero-order valence-electron chi connectivity index (χ0n) is 9.12. The molecule has 1 heterocycles. The summed E-state index contributed by atoms with van der Waals surface area (Å²) in [4.78, 5) is 21.6. The van der Waals surface area contributed by atoms with Gasteiger partial charge in [-0.25, -0.2) is 9.59 Å². The molecule has 0 aliphatic rings. The van der Waals surface area contributed by atoms with E-state index >= 15 is 0 Å². The van der Waals surface area contributed by atoms with E-state index in [0.29, 0.717) is 0 Å². The molecule has 0 aliphatic carbocycles. The number of nitrogens with zero attached hydrogens (tertiary/aromatic N) is 1. The number of aromatic carboxylic acids is 1. The first-order valence-electron chi connectivity index (χ1n) is 5.06. The Kier molecular flexibility index (Phi) is 2.59. The minimum Gasteiger partial charge on any atom is -0.480 e. The summed E-state index contributed by atoms with van der Waals surface area (Å²) < 4.78 is 1.55. The van der Waals surface area contributed by atoms with Crippen molar-refractivity contribution in [1.29, 1.82) is 0 Å². The molecule has 0 spiro atoms. The van der Waals surface area contributed by atoms with Crippen LogP contribution < -0.4 is 0 Å². The Hall–Kier alpha value is -2.30. The molecular formula is C12H11NO4. The van der Waals surface area contributed by atoms with Crippen molar-refractivity contribution < 1.29 is 19.8 Å². The Balaban J connectivity index is 2.50. The molecule has 2 rings (SSSR count). The Morgan fingerprint density at radius 1 is 1.18 bits per heavy atom. The lowest BCUT2D eigenvalue weighted by Gasteiger charge is -2.06. The van der Waals surface area contributed by atoms with Gasteiger partial charge in [0.25, 0.3) is 0 Å². The van der Waals surface area contributed by atoms with Gasteiger partial charge in [-0.05, 0) is 24.4 Å². The van der Waals surface area contributed by atoms with Crippen molar-refractivity contribution in [3.05, 3.63) is 36.2 Å². The molecule has 5 heteroatoms. The van der Waals surface area contributed by atoms with Gasteiger partial charge in [-0.1, -0.05) is 6.07 Å². The smallest absolute Gasteiger partial charge is 0.335 e. The first-order chi connectivity index (χ1) is 7.99. The first-order valence-corrected chi connectivity index (χ1v) is 5.06. The zero-order chi connectivity index (χ0) is 12.6. The van der Waals surface area contributed by atoms with Crippen LogP contribution in [-0.4, -0.2) is 26.7 Å². The molecule has 88 valence electrons. The van der Waals surface area contributed by atoms with E-state index in [1.54, 1.807) is 30.0 Å². The normalized spacial score (nSPS) is 12.5. The Morgan fingerprint density at radius 2 is 1.82 bits per heavy atom. The quantitative estimate of drug-likeness (QED) is 0.849. The van der Waals surface area contributed by atoms with Crippen molar-refractivity contribution in [2.75, 3.05) is 0 Å². The number of carbonyl (C=O) groups is 2. The molecule has 2 N–H and O–H groups in total. The molecule has 0 bridgehead atoms. The topological polar surface area (TPSA) is 79.5 Å². The van der Waals surface area contributed by atoms with Crippen LogP contribution in [0.4, 0.5) is 0 Å². The molecule has 2 aromatic rings. The van der Waals surface area contributed by atoms with E-state index in [9.17, 15) is 9.59 Å². The van der Waals surface area contributed by atoms with E-state index in [1.165, 1.54) is 12.1 Å². The standard InChI is InChI=1S/C12H11NO4/c1-7(11(14)15)13-5-9-3-2-8(12(16)17)4-10(9)6-13/h2-7H,1H3,(H,14,15)(H,16,17). The van der Waals surface area contributed by atoms with Gasteiger partial charge in [-0.3, -0.25) is 0 Å². The van der Waals surface area contributed by atoms with E-state index in [1.807, 2.05) is 0 Å². The van der Waals surface area contributed by atoms with E-state index < -0.39 is 18.0 Å². The Labute approximate surface area is 96.9 Å². The summed E-state index contributed by atoms with van der Waals surface area (Å²) >= 11 is 0. The van der Waals surface area contributed by atoms with Gasteiger partial charge < -0.3 is 14.8 Å². The molecule has 0 saturated carbocycles. The lowest BCUT2D eigenvalue weighted by Crippen LogP contribution is -2.13. The second-order valence-electron chi connectivity index (χ2n) is 3.87. The van der Waals surface area contributed by atoms with Gasteiger partial charge in [0.2, 0.25) is 0 Å². The highest BCUT2D eigenvalue weighted by atomic mass is 16.4. The van der Waals surface area contributed by atoms with Crippen molar-refractivity contribution in [2.24, 2.45) is 0 Å². The number of hydrogen-bond donors (Lipinski definition) is 2. The van der Waals surface area contributed by atoms with Gasteiger partial charge in [-0.2, -0.15) is 0 Å². The largest absolute Gasteiger partial charge is 0.480 e. The number of aliphatic carboxylic acids is 1. The van der Waals surface area contributed by atoms with Gasteiger partial charge in [0.05, 0.1) is 5.56 Å². The van der Waals surface area contributed by atoms with Crippen molar-refractivity contribution in [1.82, 2.24) is 4.57 Å². The maximum Gasteiger partial charge on any atom is 0.335 e. The first kappa shape index (κ1) is 11.2. The van der Waals surface area contributed by atoms with Crippen molar-refractivity contribution in [2.45, 2.75) is 13.0 Å². The average Bonchev–Trinajstić information content (AvgIpc) is 2.69.